The number of ether oxygens (including phenoxy) is 2. The summed E-state index contributed by atoms with van der Waals surface area (Å²) in [6.45, 7) is 0.984. The van der Waals surface area contributed by atoms with Gasteiger partial charge in [0.2, 0.25) is 5.91 Å². The van der Waals surface area contributed by atoms with Crippen molar-refractivity contribution in [2.75, 3.05) is 37.5 Å². The Kier molecular flexibility index (Phi) is 5.23. The standard InChI is InChI=1S/C18H20N2O4S/c1-23-14-7-3-5-12-6-4-9-20(16(12)14)11-15(21)19-13-8-10-25-17(13)18(22)24-2/h3,5,7-8,10H,4,6,9,11H2,1-2H3,(H,19,21). The maximum absolute atomic E-state index is 12.5. The highest BCUT2D eigenvalue weighted by Gasteiger charge is 2.23. The van der Waals surface area contributed by atoms with Crippen molar-refractivity contribution in [2.45, 2.75) is 12.8 Å². The third-order valence-electron chi connectivity index (χ3n) is 4.14. The number of para-hydroxylation sites is 1. The van der Waals surface area contributed by atoms with Gasteiger partial charge in [-0.05, 0) is 35.9 Å². The number of methoxy groups -OCH3 is 2. The molecule has 3 rings (SSSR count). The fourth-order valence-electron chi connectivity index (χ4n) is 3.04. The van der Waals surface area contributed by atoms with E-state index < -0.39 is 5.97 Å². The first-order chi connectivity index (χ1) is 12.1. The van der Waals surface area contributed by atoms with Crippen LogP contribution in [0, 0.1) is 0 Å². The van der Waals surface area contributed by atoms with Gasteiger partial charge in [-0.3, -0.25) is 4.79 Å². The molecule has 0 atom stereocenters. The van der Waals surface area contributed by atoms with Gasteiger partial charge in [0.05, 0.1) is 32.1 Å². The van der Waals surface area contributed by atoms with Crippen molar-refractivity contribution < 1.29 is 19.1 Å². The average molecular weight is 360 g/mol. The van der Waals surface area contributed by atoms with Crippen LogP contribution >= 0.6 is 11.3 Å². The molecule has 0 bridgehead atoms. The highest BCUT2D eigenvalue weighted by Crippen LogP contribution is 2.36. The van der Waals surface area contributed by atoms with Gasteiger partial charge in [0.25, 0.3) is 0 Å². The Labute approximate surface area is 150 Å². The van der Waals surface area contributed by atoms with Gasteiger partial charge in [-0.1, -0.05) is 12.1 Å². The normalized spacial score (nSPS) is 13.1. The van der Waals surface area contributed by atoms with E-state index in [9.17, 15) is 9.59 Å². The van der Waals surface area contributed by atoms with Crippen LogP contribution in [-0.2, 0) is 16.0 Å². The van der Waals surface area contributed by atoms with Crippen molar-refractivity contribution in [1.29, 1.82) is 0 Å². The average Bonchev–Trinajstić information content (AvgIpc) is 3.08. The van der Waals surface area contributed by atoms with Crippen molar-refractivity contribution >= 4 is 34.6 Å². The molecule has 0 fully saturated rings. The van der Waals surface area contributed by atoms with Crippen molar-refractivity contribution in [3.63, 3.8) is 0 Å². The molecule has 1 amide bonds. The molecule has 1 aromatic carbocycles. The Morgan fingerprint density at radius 1 is 1.28 bits per heavy atom. The van der Waals surface area contributed by atoms with Crippen LogP contribution in [0.4, 0.5) is 11.4 Å². The van der Waals surface area contributed by atoms with Gasteiger partial charge in [0.15, 0.2) is 0 Å². The lowest BCUT2D eigenvalue weighted by Crippen LogP contribution is -2.37. The number of rotatable bonds is 5. The van der Waals surface area contributed by atoms with E-state index in [2.05, 4.69) is 11.4 Å². The van der Waals surface area contributed by atoms with Crippen LogP contribution in [0.2, 0.25) is 0 Å². The van der Waals surface area contributed by atoms with Crippen LogP contribution in [0.1, 0.15) is 21.7 Å². The molecule has 0 saturated heterocycles. The van der Waals surface area contributed by atoms with Gasteiger partial charge in [-0.15, -0.1) is 11.3 Å². The van der Waals surface area contributed by atoms with Crippen LogP contribution < -0.4 is 15.0 Å². The number of fused-ring (bicyclic) bond motifs is 1. The van der Waals surface area contributed by atoms with E-state index in [0.717, 1.165) is 30.8 Å². The predicted octanol–water partition coefficient (Wildman–Crippen LogP) is 2.93. The number of amides is 1. The largest absolute Gasteiger partial charge is 0.495 e. The van der Waals surface area contributed by atoms with E-state index >= 15 is 0 Å². The molecule has 2 aromatic rings. The lowest BCUT2D eigenvalue weighted by Gasteiger charge is -2.32. The molecule has 1 N–H and O–H groups in total. The van der Waals surface area contributed by atoms with Gasteiger partial charge in [-0.25, -0.2) is 4.79 Å². The van der Waals surface area contributed by atoms with Crippen molar-refractivity contribution in [1.82, 2.24) is 0 Å². The van der Waals surface area contributed by atoms with E-state index in [0.29, 0.717) is 10.6 Å². The van der Waals surface area contributed by atoms with Crippen molar-refractivity contribution in [3.05, 3.63) is 40.1 Å². The topological polar surface area (TPSA) is 67.9 Å². The lowest BCUT2D eigenvalue weighted by molar-refractivity contribution is -0.115. The number of nitrogens with zero attached hydrogens (tertiary/aromatic N) is 1. The van der Waals surface area contributed by atoms with E-state index in [1.54, 1.807) is 18.6 Å². The zero-order chi connectivity index (χ0) is 17.8. The molecule has 0 radical (unpaired) electrons. The fraction of sp³-hybridized carbons (Fsp3) is 0.333. The van der Waals surface area contributed by atoms with Gasteiger partial charge >= 0.3 is 5.97 Å². The van der Waals surface area contributed by atoms with Crippen molar-refractivity contribution in [2.24, 2.45) is 0 Å². The number of carbonyl (C=O) groups is 2. The van der Waals surface area contributed by atoms with Crippen LogP contribution in [0.15, 0.2) is 29.6 Å². The molecule has 2 heterocycles. The summed E-state index contributed by atoms with van der Waals surface area (Å²) in [6, 6.07) is 7.65. The Morgan fingerprint density at radius 3 is 2.88 bits per heavy atom. The minimum Gasteiger partial charge on any atom is -0.495 e. The van der Waals surface area contributed by atoms with Crippen LogP contribution in [-0.4, -0.2) is 39.2 Å². The summed E-state index contributed by atoms with van der Waals surface area (Å²) in [7, 11) is 2.96. The van der Waals surface area contributed by atoms with Gasteiger partial charge in [0.1, 0.15) is 10.6 Å². The first-order valence-corrected chi connectivity index (χ1v) is 8.88. The second-order valence-electron chi connectivity index (χ2n) is 5.70. The van der Waals surface area contributed by atoms with Crippen molar-refractivity contribution in [3.8, 4) is 5.75 Å². The quantitative estimate of drug-likeness (QED) is 0.831. The summed E-state index contributed by atoms with van der Waals surface area (Å²) in [5, 5.41) is 4.56. The van der Waals surface area contributed by atoms with E-state index in [4.69, 9.17) is 9.47 Å². The third-order valence-corrected chi connectivity index (χ3v) is 5.03. The summed E-state index contributed by atoms with van der Waals surface area (Å²) in [4.78, 5) is 26.7. The zero-order valence-corrected chi connectivity index (χ0v) is 15.0. The maximum Gasteiger partial charge on any atom is 0.350 e. The molecular weight excluding hydrogens is 340 g/mol. The highest BCUT2D eigenvalue weighted by atomic mass is 32.1. The number of carbonyl (C=O) groups excluding carboxylic acids is 2. The minimum atomic E-state index is -0.449. The third kappa shape index (κ3) is 3.61. The molecule has 6 nitrogen and oxygen atoms in total. The first kappa shape index (κ1) is 17.3. The number of hydrogen-bond donors (Lipinski definition) is 1. The molecule has 25 heavy (non-hydrogen) atoms. The van der Waals surface area contributed by atoms with Crippen LogP contribution in [0.25, 0.3) is 0 Å². The number of anilines is 2. The number of esters is 1. The van der Waals surface area contributed by atoms with Crippen LogP contribution in [0.5, 0.6) is 5.75 Å². The van der Waals surface area contributed by atoms with Gasteiger partial charge < -0.3 is 19.7 Å². The second-order valence-corrected chi connectivity index (χ2v) is 6.61. The van der Waals surface area contributed by atoms with Gasteiger partial charge in [0, 0.05) is 6.54 Å². The summed E-state index contributed by atoms with van der Waals surface area (Å²) >= 11 is 1.24. The summed E-state index contributed by atoms with van der Waals surface area (Å²) in [5.41, 5.74) is 2.65. The molecule has 0 saturated carbocycles. The lowest BCUT2D eigenvalue weighted by atomic mass is 10.0. The number of hydrogen-bond acceptors (Lipinski definition) is 6. The maximum atomic E-state index is 12.5. The molecular formula is C18H20N2O4S. The SMILES string of the molecule is COC(=O)c1sccc1NC(=O)CN1CCCc2cccc(OC)c21. The highest BCUT2D eigenvalue weighted by molar-refractivity contribution is 7.12. The predicted molar refractivity (Wildman–Crippen MR) is 97.8 cm³/mol. The molecule has 7 heteroatoms. The fourth-order valence-corrected chi connectivity index (χ4v) is 3.81. The minimum absolute atomic E-state index is 0.178. The first-order valence-electron chi connectivity index (χ1n) is 8.00. The van der Waals surface area contributed by atoms with E-state index in [1.165, 1.54) is 24.0 Å². The molecule has 0 spiro atoms. The number of nitrogens with one attached hydrogen (secondary N) is 1. The molecule has 1 aliphatic heterocycles. The number of aryl methyl sites for hydroxylation is 1. The molecule has 132 valence electrons. The Balaban J connectivity index is 1.75. The van der Waals surface area contributed by atoms with Gasteiger partial charge in [-0.2, -0.15) is 0 Å². The van der Waals surface area contributed by atoms with E-state index in [1.807, 2.05) is 17.0 Å². The summed E-state index contributed by atoms with van der Waals surface area (Å²) in [5.74, 6) is 0.147. The van der Waals surface area contributed by atoms with E-state index in [-0.39, 0.29) is 12.5 Å². The zero-order valence-electron chi connectivity index (χ0n) is 14.2. The molecule has 1 aliphatic rings. The number of benzene rings is 1. The molecule has 1 aromatic heterocycles. The Morgan fingerprint density at radius 2 is 2.12 bits per heavy atom. The molecule has 0 aliphatic carbocycles. The Hall–Kier alpha value is -2.54. The number of thiophene rings is 1. The van der Waals surface area contributed by atoms with Crippen LogP contribution in [0.3, 0.4) is 0 Å². The summed E-state index contributed by atoms with van der Waals surface area (Å²) in [6.07, 6.45) is 1.96. The summed E-state index contributed by atoms with van der Waals surface area (Å²) < 4.78 is 10.2. The monoisotopic (exact) mass is 360 g/mol. The second kappa shape index (κ2) is 7.57. The smallest absolute Gasteiger partial charge is 0.350 e. The Bertz CT molecular complexity index is 773. The molecule has 0 unspecified atom stereocenters.